The van der Waals surface area contributed by atoms with E-state index in [1.54, 1.807) is 23.7 Å². The van der Waals surface area contributed by atoms with E-state index in [0.717, 1.165) is 12.3 Å². The van der Waals surface area contributed by atoms with E-state index in [2.05, 4.69) is 26.7 Å². The molecule has 0 aliphatic rings. The second-order valence-corrected chi connectivity index (χ2v) is 3.32. The van der Waals surface area contributed by atoms with Crippen molar-refractivity contribution in [2.75, 3.05) is 25.6 Å². The van der Waals surface area contributed by atoms with Crippen molar-refractivity contribution < 1.29 is 4.79 Å². The highest BCUT2D eigenvalue weighted by Gasteiger charge is 2.02. The molecule has 0 unspecified atom stereocenters. The number of carbonyl (C=O) groups excluding carboxylic acids is 1. The molecule has 0 saturated carbocycles. The fraction of sp³-hybridized carbons (Fsp3) is 0.571. The number of amides is 1. The molecule has 0 aromatic heterocycles. The Bertz CT molecular complexity index is 185. The van der Waals surface area contributed by atoms with Crippen LogP contribution in [-0.2, 0) is 4.79 Å². The van der Waals surface area contributed by atoms with E-state index >= 15 is 0 Å². The minimum absolute atomic E-state index is 0.143. The molecule has 0 bridgehead atoms. The van der Waals surface area contributed by atoms with Crippen LogP contribution in [0.2, 0.25) is 0 Å². The van der Waals surface area contributed by atoms with Gasteiger partial charge in [0.25, 0.3) is 5.91 Å². The van der Waals surface area contributed by atoms with E-state index in [1.807, 2.05) is 6.26 Å². The maximum atomic E-state index is 11.0. The zero-order valence-electron chi connectivity index (χ0n) is 6.56. The number of hydrogen-bond acceptors (Lipinski definition) is 2. The molecule has 1 amide bonds. The molecule has 0 aromatic rings. The van der Waals surface area contributed by atoms with Crippen LogP contribution in [0.25, 0.3) is 0 Å². The zero-order chi connectivity index (χ0) is 8.69. The minimum atomic E-state index is -0.143. The standard InChI is InChI=1S/C7H10BrNOS/c1-9(5-6-11-2)7(10)3-4-8/h5-6H2,1-2H3. The molecule has 62 valence electrons. The maximum Gasteiger partial charge on any atom is 0.299 e. The Morgan fingerprint density at radius 3 is 2.82 bits per heavy atom. The van der Waals surface area contributed by atoms with Crippen molar-refractivity contribution in [2.45, 2.75) is 0 Å². The summed E-state index contributed by atoms with van der Waals surface area (Å²) in [6, 6.07) is 0. The fourth-order valence-electron chi connectivity index (χ4n) is 0.466. The summed E-state index contributed by atoms with van der Waals surface area (Å²) in [6.07, 6.45) is 2.01. The molecule has 0 saturated heterocycles. The number of rotatable bonds is 3. The van der Waals surface area contributed by atoms with Gasteiger partial charge < -0.3 is 4.90 Å². The van der Waals surface area contributed by atoms with Gasteiger partial charge in [0.05, 0.1) is 0 Å². The second-order valence-electron chi connectivity index (χ2n) is 1.94. The van der Waals surface area contributed by atoms with Crippen LogP contribution in [0.15, 0.2) is 0 Å². The Labute approximate surface area is 79.8 Å². The third-order valence-corrected chi connectivity index (χ3v) is 1.92. The lowest BCUT2D eigenvalue weighted by atomic mass is 10.5. The van der Waals surface area contributed by atoms with Crippen molar-refractivity contribution in [3.63, 3.8) is 0 Å². The van der Waals surface area contributed by atoms with E-state index in [1.165, 1.54) is 0 Å². The first-order chi connectivity index (χ1) is 5.22. The SMILES string of the molecule is CSCCN(C)C(=O)C#CBr. The molecule has 0 heterocycles. The average Bonchev–Trinajstić information content (AvgIpc) is 2.00. The van der Waals surface area contributed by atoms with Gasteiger partial charge in [0.2, 0.25) is 0 Å². The van der Waals surface area contributed by atoms with E-state index in [9.17, 15) is 4.79 Å². The third-order valence-electron chi connectivity index (χ3n) is 1.13. The lowest BCUT2D eigenvalue weighted by Crippen LogP contribution is -2.27. The molecule has 4 heteroatoms. The van der Waals surface area contributed by atoms with Crippen molar-refractivity contribution >= 4 is 33.6 Å². The molecule has 2 nitrogen and oxygen atoms in total. The second kappa shape index (κ2) is 6.56. The van der Waals surface area contributed by atoms with Gasteiger partial charge in [-0.1, -0.05) is 0 Å². The summed E-state index contributed by atoms with van der Waals surface area (Å²) in [7, 11) is 1.75. The van der Waals surface area contributed by atoms with Crippen molar-refractivity contribution in [3.05, 3.63) is 0 Å². The molecule has 0 aliphatic heterocycles. The first-order valence-corrected chi connectivity index (χ1v) is 5.26. The van der Waals surface area contributed by atoms with Crippen LogP contribution in [0.1, 0.15) is 0 Å². The summed E-state index contributed by atoms with van der Waals surface area (Å²) in [5.74, 6) is 3.21. The highest BCUT2D eigenvalue weighted by Crippen LogP contribution is 1.93. The van der Waals surface area contributed by atoms with Crippen LogP contribution in [0, 0.1) is 10.8 Å². The van der Waals surface area contributed by atoms with Gasteiger partial charge in [0, 0.05) is 41.2 Å². The highest BCUT2D eigenvalue weighted by atomic mass is 79.9. The summed E-state index contributed by atoms with van der Waals surface area (Å²) in [5, 5.41) is 0. The lowest BCUT2D eigenvalue weighted by Gasteiger charge is -2.11. The molecule has 11 heavy (non-hydrogen) atoms. The quantitative estimate of drug-likeness (QED) is 0.685. The van der Waals surface area contributed by atoms with Gasteiger partial charge >= 0.3 is 0 Å². The maximum absolute atomic E-state index is 11.0. The molecule has 0 rings (SSSR count). The van der Waals surface area contributed by atoms with Crippen molar-refractivity contribution in [1.29, 1.82) is 0 Å². The average molecular weight is 236 g/mol. The Kier molecular flexibility index (Phi) is 6.48. The van der Waals surface area contributed by atoms with Crippen LogP contribution < -0.4 is 0 Å². The van der Waals surface area contributed by atoms with Gasteiger partial charge in [0.1, 0.15) is 0 Å². The third kappa shape index (κ3) is 5.16. The molecular formula is C7H10BrNOS. The van der Waals surface area contributed by atoms with Crippen LogP contribution in [0.4, 0.5) is 0 Å². The molecule has 0 spiro atoms. The largest absolute Gasteiger partial charge is 0.334 e. The monoisotopic (exact) mass is 235 g/mol. The predicted octanol–water partition coefficient (Wildman–Crippen LogP) is 1.16. The number of hydrogen-bond donors (Lipinski definition) is 0. The van der Waals surface area contributed by atoms with E-state index in [4.69, 9.17) is 0 Å². The number of nitrogens with zero attached hydrogens (tertiary/aromatic N) is 1. The summed E-state index contributed by atoms with van der Waals surface area (Å²) in [4.78, 5) is 15.0. The predicted molar refractivity (Wildman–Crippen MR) is 52.7 cm³/mol. The Balaban J connectivity index is 3.70. The number of carbonyl (C=O) groups is 1. The number of halogens is 1. The molecule has 0 aromatic carbocycles. The Morgan fingerprint density at radius 1 is 1.73 bits per heavy atom. The molecule has 0 aliphatic carbocycles. The molecule has 0 radical (unpaired) electrons. The van der Waals surface area contributed by atoms with Gasteiger partial charge in [0.15, 0.2) is 0 Å². The lowest BCUT2D eigenvalue weighted by molar-refractivity contribution is -0.123. The number of thioether (sulfide) groups is 1. The molecule has 0 N–H and O–H groups in total. The highest BCUT2D eigenvalue weighted by molar-refractivity contribution is 9.12. The van der Waals surface area contributed by atoms with Crippen molar-refractivity contribution in [2.24, 2.45) is 0 Å². The van der Waals surface area contributed by atoms with E-state index in [-0.39, 0.29) is 5.91 Å². The molecular weight excluding hydrogens is 226 g/mol. The van der Waals surface area contributed by atoms with Crippen molar-refractivity contribution in [3.8, 4) is 10.8 Å². The summed E-state index contributed by atoms with van der Waals surface area (Å²) < 4.78 is 0. The summed E-state index contributed by atoms with van der Waals surface area (Å²) in [6.45, 7) is 0.752. The van der Waals surface area contributed by atoms with Crippen molar-refractivity contribution in [1.82, 2.24) is 4.90 Å². The topological polar surface area (TPSA) is 20.3 Å². The van der Waals surface area contributed by atoms with Crippen LogP contribution in [-0.4, -0.2) is 36.4 Å². The molecule has 0 atom stereocenters. The smallest absolute Gasteiger partial charge is 0.299 e. The van der Waals surface area contributed by atoms with Crippen LogP contribution in [0.5, 0.6) is 0 Å². The van der Waals surface area contributed by atoms with E-state index < -0.39 is 0 Å². The Hall–Kier alpha value is -0.140. The van der Waals surface area contributed by atoms with Gasteiger partial charge in [-0.3, -0.25) is 4.79 Å². The van der Waals surface area contributed by atoms with Gasteiger partial charge in [-0.25, -0.2) is 0 Å². The first kappa shape index (κ1) is 10.9. The van der Waals surface area contributed by atoms with Crippen LogP contribution in [0.3, 0.4) is 0 Å². The zero-order valence-corrected chi connectivity index (χ0v) is 8.96. The summed E-state index contributed by atoms with van der Waals surface area (Å²) in [5.41, 5.74) is 0. The van der Waals surface area contributed by atoms with Gasteiger partial charge in [-0.15, -0.1) is 0 Å². The molecule has 0 fully saturated rings. The fourth-order valence-corrected chi connectivity index (χ4v) is 1.09. The van der Waals surface area contributed by atoms with Crippen LogP contribution >= 0.6 is 27.7 Å². The summed E-state index contributed by atoms with van der Waals surface area (Å²) >= 11 is 4.58. The van der Waals surface area contributed by atoms with Gasteiger partial charge in [-0.05, 0) is 11.1 Å². The van der Waals surface area contributed by atoms with Gasteiger partial charge in [-0.2, -0.15) is 11.8 Å². The Morgan fingerprint density at radius 2 is 2.36 bits per heavy atom. The minimum Gasteiger partial charge on any atom is -0.334 e. The first-order valence-electron chi connectivity index (χ1n) is 3.08. The van der Waals surface area contributed by atoms with E-state index in [0.29, 0.717) is 0 Å². The normalized spacial score (nSPS) is 8.27.